The zero-order valence-electron chi connectivity index (χ0n) is 16.3. The van der Waals surface area contributed by atoms with Gasteiger partial charge in [0.25, 0.3) is 5.88 Å². The average molecular weight is 383 g/mol. The molecule has 3 aromatic rings. The zero-order valence-corrected chi connectivity index (χ0v) is 16.3. The van der Waals surface area contributed by atoms with Crippen molar-refractivity contribution >= 4 is 22.7 Å². The van der Waals surface area contributed by atoms with E-state index in [4.69, 9.17) is 19.6 Å². The van der Waals surface area contributed by atoms with Gasteiger partial charge in [-0.05, 0) is 32.6 Å². The molecule has 2 aliphatic heterocycles. The van der Waals surface area contributed by atoms with Gasteiger partial charge in [-0.3, -0.25) is 4.68 Å². The van der Waals surface area contributed by atoms with E-state index < -0.39 is 0 Å². The van der Waals surface area contributed by atoms with Crippen molar-refractivity contribution < 1.29 is 9.47 Å². The molecular weight excluding hydrogens is 358 g/mol. The van der Waals surface area contributed by atoms with Crippen molar-refractivity contribution in [2.45, 2.75) is 46.2 Å². The van der Waals surface area contributed by atoms with Crippen LogP contribution in [-0.4, -0.2) is 49.3 Å². The number of aromatic nitrogens is 6. The van der Waals surface area contributed by atoms with Crippen LogP contribution in [0.1, 0.15) is 30.7 Å². The van der Waals surface area contributed by atoms with Gasteiger partial charge < -0.3 is 14.8 Å². The highest BCUT2D eigenvalue weighted by molar-refractivity contribution is 5.79. The highest BCUT2D eigenvalue weighted by atomic mass is 16.5. The first kappa shape index (κ1) is 17.4. The van der Waals surface area contributed by atoms with Gasteiger partial charge in [-0.25, -0.2) is 9.67 Å². The third-order valence-electron chi connectivity index (χ3n) is 5.61. The molecule has 1 fully saturated rings. The molecule has 9 heteroatoms. The minimum Gasteiger partial charge on any atom is -0.475 e. The Balaban J connectivity index is 1.50. The van der Waals surface area contributed by atoms with E-state index in [1.54, 1.807) is 0 Å². The van der Waals surface area contributed by atoms with Crippen LogP contribution in [0, 0.1) is 19.8 Å². The maximum absolute atomic E-state index is 6.03. The van der Waals surface area contributed by atoms with Gasteiger partial charge in [-0.1, -0.05) is 0 Å². The van der Waals surface area contributed by atoms with Crippen LogP contribution in [-0.2, 0) is 17.8 Å². The summed E-state index contributed by atoms with van der Waals surface area (Å²) in [6.07, 6.45) is 4.81. The molecule has 2 bridgehead atoms. The lowest BCUT2D eigenvalue weighted by molar-refractivity contribution is 0.0598. The fourth-order valence-corrected chi connectivity index (χ4v) is 3.93. The fraction of sp³-hybridized carbons (Fsp3) is 0.579. The smallest absolute Gasteiger partial charge is 0.257 e. The summed E-state index contributed by atoms with van der Waals surface area (Å²) in [6.45, 7) is 7.92. The molecule has 9 nitrogen and oxygen atoms in total. The summed E-state index contributed by atoms with van der Waals surface area (Å²) in [6, 6.07) is 0. The van der Waals surface area contributed by atoms with Crippen molar-refractivity contribution in [3.63, 3.8) is 0 Å². The molecule has 0 saturated carbocycles. The molecule has 1 N–H and O–H groups in total. The Hall–Kier alpha value is -2.68. The molecule has 2 aliphatic rings. The van der Waals surface area contributed by atoms with Gasteiger partial charge in [0, 0.05) is 38.9 Å². The minimum absolute atomic E-state index is 0.536. The maximum Gasteiger partial charge on any atom is 0.257 e. The van der Waals surface area contributed by atoms with Crippen molar-refractivity contribution in [1.82, 2.24) is 29.5 Å². The molecule has 0 amide bonds. The van der Waals surface area contributed by atoms with E-state index in [2.05, 4.69) is 22.3 Å². The summed E-state index contributed by atoms with van der Waals surface area (Å²) in [5, 5.41) is 13.7. The molecule has 0 aliphatic carbocycles. The maximum atomic E-state index is 6.03. The lowest BCUT2D eigenvalue weighted by Gasteiger charge is -2.22. The molecule has 3 aromatic heterocycles. The summed E-state index contributed by atoms with van der Waals surface area (Å²) in [5.74, 6) is 1.73. The molecular formula is C19H25N7O2. The van der Waals surface area contributed by atoms with Crippen LogP contribution in [0.5, 0.6) is 5.88 Å². The Bertz CT molecular complexity index is 1000. The van der Waals surface area contributed by atoms with E-state index in [1.165, 1.54) is 0 Å². The molecule has 1 saturated heterocycles. The molecule has 0 atom stereocenters. The molecule has 0 radical (unpaired) electrons. The van der Waals surface area contributed by atoms with Crippen LogP contribution in [0.2, 0.25) is 0 Å². The average Bonchev–Trinajstić information content (AvgIpc) is 3.16. The lowest BCUT2D eigenvalue weighted by Crippen LogP contribution is -2.21. The van der Waals surface area contributed by atoms with Gasteiger partial charge in [0.2, 0.25) is 5.95 Å². The summed E-state index contributed by atoms with van der Waals surface area (Å²) in [7, 11) is 0. The van der Waals surface area contributed by atoms with Gasteiger partial charge in [0.1, 0.15) is 5.69 Å². The van der Waals surface area contributed by atoms with Crippen molar-refractivity contribution in [3.05, 3.63) is 17.6 Å². The second-order valence-electron chi connectivity index (χ2n) is 7.57. The van der Waals surface area contributed by atoms with Crippen molar-refractivity contribution in [1.29, 1.82) is 0 Å². The quantitative estimate of drug-likeness (QED) is 0.727. The van der Waals surface area contributed by atoms with Gasteiger partial charge in [0.05, 0.1) is 23.4 Å². The summed E-state index contributed by atoms with van der Waals surface area (Å²) in [5.41, 5.74) is 3.68. The van der Waals surface area contributed by atoms with Gasteiger partial charge in [-0.2, -0.15) is 10.1 Å². The summed E-state index contributed by atoms with van der Waals surface area (Å²) >= 11 is 0. The van der Waals surface area contributed by atoms with Crippen LogP contribution < -0.4 is 10.1 Å². The van der Waals surface area contributed by atoms with Crippen molar-refractivity contribution in [2.24, 2.45) is 5.92 Å². The standard InChI is InChI=1S/C19H25N7O2/c1-12-15-10-20-19-21-16-13(2)26(11-14-4-8-27-9-5-14)24-18(16)28-7-3-6-25(23-12)17(15)22-19/h10,14H,3-9,11H2,1-2H3,(H,20,21,22). The fourth-order valence-electron chi connectivity index (χ4n) is 3.93. The largest absolute Gasteiger partial charge is 0.475 e. The van der Waals surface area contributed by atoms with Crippen molar-refractivity contribution in [3.8, 4) is 5.88 Å². The predicted molar refractivity (Wildman–Crippen MR) is 104 cm³/mol. The first-order valence-corrected chi connectivity index (χ1v) is 9.94. The number of hydrogen-bond donors (Lipinski definition) is 1. The Morgan fingerprint density at radius 2 is 2.04 bits per heavy atom. The summed E-state index contributed by atoms with van der Waals surface area (Å²) < 4.78 is 15.5. The molecule has 0 aromatic carbocycles. The second-order valence-corrected chi connectivity index (χ2v) is 7.57. The molecule has 148 valence electrons. The Morgan fingerprint density at radius 3 is 2.89 bits per heavy atom. The third kappa shape index (κ3) is 3.09. The minimum atomic E-state index is 0.536. The Labute approximate surface area is 163 Å². The monoisotopic (exact) mass is 383 g/mol. The number of anilines is 2. The number of hydrogen-bond acceptors (Lipinski definition) is 7. The molecule has 5 heterocycles. The highest BCUT2D eigenvalue weighted by Crippen LogP contribution is 2.32. The molecule has 5 rings (SSSR count). The highest BCUT2D eigenvalue weighted by Gasteiger charge is 2.22. The number of fused-ring (bicyclic) bond motifs is 2. The molecule has 28 heavy (non-hydrogen) atoms. The van der Waals surface area contributed by atoms with Crippen LogP contribution in [0.3, 0.4) is 0 Å². The van der Waals surface area contributed by atoms with Gasteiger partial charge in [0.15, 0.2) is 5.65 Å². The van der Waals surface area contributed by atoms with Crippen LogP contribution in [0.25, 0.3) is 11.0 Å². The van der Waals surface area contributed by atoms with E-state index >= 15 is 0 Å². The van der Waals surface area contributed by atoms with E-state index in [0.717, 1.165) is 73.7 Å². The Morgan fingerprint density at radius 1 is 1.18 bits per heavy atom. The number of aryl methyl sites for hydroxylation is 2. The Kier molecular flexibility index (Phi) is 4.38. The van der Waals surface area contributed by atoms with E-state index in [-0.39, 0.29) is 0 Å². The second kappa shape index (κ2) is 7.05. The zero-order chi connectivity index (χ0) is 19.1. The summed E-state index contributed by atoms with van der Waals surface area (Å²) in [4.78, 5) is 9.20. The number of nitrogens with one attached hydrogen (secondary N) is 1. The number of rotatable bonds is 2. The van der Waals surface area contributed by atoms with Crippen LogP contribution in [0.15, 0.2) is 6.20 Å². The van der Waals surface area contributed by atoms with E-state index in [1.807, 2.05) is 22.5 Å². The van der Waals surface area contributed by atoms with Gasteiger partial charge in [-0.15, -0.1) is 5.10 Å². The first-order valence-electron chi connectivity index (χ1n) is 9.94. The van der Waals surface area contributed by atoms with Gasteiger partial charge >= 0.3 is 0 Å². The first-order chi connectivity index (χ1) is 13.7. The molecule has 0 unspecified atom stereocenters. The third-order valence-corrected chi connectivity index (χ3v) is 5.61. The van der Waals surface area contributed by atoms with E-state index in [0.29, 0.717) is 24.4 Å². The lowest BCUT2D eigenvalue weighted by atomic mass is 10.0. The molecule has 0 spiro atoms. The topological polar surface area (TPSA) is 91.9 Å². The number of ether oxygens (including phenoxy) is 2. The normalized spacial score (nSPS) is 17.8. The van der Waals surface area contributed by atoms with E-state index in [9.17, 15) is 0 Å². The van der Waals surface area contributed by atoms with Crippen molar-refractivity contribution in [2.75, 3.05) is 25.1 Å². The van der Waals surface area contributed by atoms with Crippen LogP contribution in [0.4, 0.5) is 11.6 Å². The number of nitrogens with zero attached hydrogens (tertiary/aromatic N) is 6. The predicted octanol–water partition coefficient (Wildman–Crippen LogP) is 2.59. The van der Waals surface area contributed by atoms with Crippen LogP contribution >= 0.6 is 0 Å². The SMILES string of the molecule is Cc1nn2c3nc(ncc13)Nc1c(nn(CC3CCOCC3)c1C)OCCC2.